The Morgan fingerprint density at radius 2 is 2.22 bits per heavy atom. The highest BCUT2D eigenvalue weighted by atomic mass is 32.2. The molecule has 8 heteroatoms. The molecule has 23 heavy (non-hydrogen) atoms. The Morgan fingerprint density at radius 1 is 1.43 bits per heavy atom. The molecule has 0 saturated carbocycles. The fourth-order valence-electron chi connectivity index (χ4n) is 1.96. The predicted molar refractivity (Wildman–Crippen MR) is 86.6 cm³/mol. The highest BCUT2D eigenvalue weighted by Crippen LogP contribution is 2.18. The summed E-state index contributed by atoms with van der Waals surface area (Å²) in [7, 11) is 1.53. The highest BCUT2D eigenvalue weighted by molar-refractivity contribution is 8.13. The van der Waals surface area contributed by atoms with Gasteiger partial charge >= 0.3 is 5.97 Å². The van der Waals surface area contributed by atoms with E-state index in [1.807, 2.05) is 0 Å². The number of methoxy groups -OCH3 is 1. The van der Waals surface area contributed by atoms with Gasteiger partial charge in [0, 0.05) is 24.1 Å². The molecule has 7 nitrogen and oxygen atoms in total. The number of rotatable bonds is 6. The topological polar surface area (TPSA) is 84.9 Å². The maximum atomic E-state index is 12.0. The van der Waals surface area contributed by atoms with E-state index in [0.29, 0.717) is 23.7 Å². The first kappa shape index (κ1) is 17.1. The van der Waals surface area contributed by atoms with Crippen LogP contribution in [0.4, 0.5) is 10.5 Å². The molecule has 1 heterocycles. The van der Waals surface area contributed by atoms with Crippen molar-refractivity contribution in [1.82, 2.24) is 4.90 Å². The van der Waals surface area contributed by atoms with Crippen molar-refractivity contribution in [1.29, 1.82) is 0 Å². The van der Waals surface area contributed by atoms with Gasteiger partial charge in [-0.15, -0.1) is 0 Å². The van der Waals surface area contributed by atoms with Crippen molar-refractivity contribution in [3.8, 4) is 5.75 Å². The number of ether oxygens (including phenoxy) is 2. The van der Waals surface area contributed by atoms with E-state index >= 15 is 0 Å². The molecule has 1 aliphatic heterocycles. The van der Waals surface area contributed by atoms with E-state index in [4.69, 9.17) is 9.47 Å². The Balaban J connectivity index is 1.84. The predicted octanol–water partition coefficient (Wildman–Crippen LogP) is 1.73. The highest BCUT2D eigenvalue weighted by Gasteiger charge is 2.26. The molecule has 124 valence electrons. The molecule has 0 bridgehead atoms. The lowest BCUT2D eigenvalue weighted by Gasteiger charge is -2.17. The summed E-state index contributed by atoms with van der Waals surface area (Å²) in [6, 6.07) is 6.85. The van der Waals surface area contributed by atoms with Gasteiger partial charge in [0.25, 0.3) is 11.1 Å². The maximum absolute atomic E-state index is 12.0. The molecule has 2 rings (SSSR count). The SMILES string of the molecule is COc1cccc(NC(=O)[C@H](C)OC(=O)CN2CCSC2=O)c1. The van der Waals surface area contributed by atoms with Gasteiger partial charge in [-0.3, -0.25) is 14.4 Å². The lowest BCUT2D eigenvalue weighted by molar-refractivity contribution is -0.153. The Labute approximate surface area is 138 Å². The largest absolute Gasteiger partial charge is 0.497 e. The third-order valence-corrected chi connectivity index (χ3v) is 4.07. The van der Waals surface area contributed by atoms with Crippen LogP contribution in [0, 0.1) is 0 Å². The molecule has 0 radical (unpaired) electrons. The minimum atomic E-state index is -0.959. The van der Waals surface area contributed by atoms with Crippen molar-refractivity contribution in [3.63, 3.8) is 0 Å². The number of carbonyl (C=O) groups is 3. The van der Waals surface area contributed by atoms with Crippen molar-refractivity contribution in [2.75, 3.05) is 31.3 Å². The Morgan fingerprint density at radius 3 is 2.87 bits per heavy atom. The first-order chi connectivity index (χ1) is 11.0. The maximum Gasteiger partial charge on any atom is 0.326 e. The molecule has 0 aromatic heterocycles. The standard InChI is InChI=1S/C15H18N2O5S/c1-10(22-13(18)9-17-6-7-23-15(17)20)14(19)16-11-4-3-5-12(8-11)21-2/h3-5,8,10H,6-7,9H2,1-2H3,(H,16,19)/t10-/m0/s1. The number of anilines is 1. The molecular formula is C15H18N2O5S. The number of carbonyl (C=O) groups excluding carboxylic acids is 3. The number of thioether (sulfide) groups is 1. The number of amides is 2. The molecule has 0 spiro atoms. The van der Waals surface area contributed by atoms with E-state index in [1.54, 1.807) is 24.3 Å². The van der Waals surface area contributed by atoms with Gasteiger partial charge in [-0.25, -0.2) is 0 Å². The quantitative estimate of drug-likeness (QED) is 0.795. The molecule has 1 atom stereocenters. The number of nitrogens with one attached hydrogen (secondary N) is 1. The lowest BCUT2D eigenvalue weighted by Crippen LogP contribution is -2.36. The van der Waals surface area contributed by atoms with Crippen LogP contribution in [0.5, 0.6) is 5.75 Å². The van der Waals surface area contributed by atoms with Crippen molar-refractivity contribution in [3.05, 3.63) is 24.3 Å². The van der Waals surface area contributed by atoms with Gasteiger partial charge in [-0.05, 0) is 19.1 Å². The molecule has 1 aromatic carbocycles. The van der Waals surface area contributed by atoms with E-state index in [9.17, 15) is 14.4 Å². The smallest absolute Gasteiger partial charge is 0.326 e. The number of nitrogens with zero attached hydrogens (tertiary/aromatic N) is 1. The monoisotopic (exact) mass is 338 g/mol. The van der Waals surface area contributed by atoms with Gasteiger partial charge in [0.15, 0.2) is 6.10 Å². The average molecular weight is 338 g/mol. The zero-order chi connectivity index (χ0) is 16.8. The number of esters is 1. The summed E-state index contributed by atoms with van der Waals surface area (Å²) in [5.74, 6) is 0.221. The molecule has 1 fully saturated rings. The van der Waals surface area contributed by atoms with Crippen LogP contribution in [0.3, 0.4) is 0 Å². The van der Waals surface area contributed by atoms with Gasteiger partial charge < -0.3 is 19.7 Å². The lowest BCUT2D eigenvalue weighted by atomic mass is 10.3. The van der Waals surface area contributed by atoms with E-state index in [1.165, 1.54) is 30.7 Å². The summed E-state index contributed by atoms with van der Waals surface area (Å²) in [4.78, 5) is 36.6. The summed E-state index contributed by atoms with van der Waals surface area (Å²) in [5.41, 5.74) is 0.545. The van der Waals surface area contributed by atoms with Gasteiger partial charge in [-0.1, -0.05) is 17.8 Å². The molecule has 1 saturated heterocycles. The summed E-state index contributed by atoms with van der Waals surface area (Å²) >= 11 is 1.17. The van der Waals surface area contributed by atoms with Gasteiger partial charge in [0.05, 0.1) is 7.11 Å². The zero-order valence-corrected chi connectivity index (χ0v) is 13.7. The van der Waals surface area contributed by atoms with Crippen LogP contribution in [-0.4, -0.2) is 54.1 Å². The third-order valence-electron chi connectivity index (χ3n) is 3.18. The van der Waals surface area contributed by atoms with Crippen molar-refractivity contribution in [2.24, 2.45) is 0 Å². The van der Waals surface area contributed by atoms with Crippen LogP contribution in [-0.2, 0) is 14.3 Å². The Hall–Kier alpha value is -2.22. The summed E-state index contributed by atoms with van der Waals surface area (Å²) in [5, 5.41) is 2.50. The van der Waals surface area contributed by atoms with E-state index in [0.717, 1.165) is 0 Å². The second kappa shape index (κ2) is 7.87. The van der Waals surface area contributed by atoms with Gasteiger partial charge in [0.1, 0.15) is 12.3 Å². The van der Waals surface area contributed by atoms with Crippen LogP contribution in [0.25, 0.3) is 0 Å². The van der Waals surface area contributed by atoms with Gasteiger partial charge in [-0.2, -0.15) is 0 Å². The van der Waals surface area contributed by atoms with Crippen LogP contribution < -0.4 is 10.1 Å². The minimum Gasteiger partial charge on any atom is -0.497 e. The Kier molecular flexibility index (Phi) is 5.86. The van der Waals surface area contributed by atoms with Crippen molar-refractivity contribution < 1.29 is 23.9 Å². The second-order valence-electron chi connectivity index (χ2n) is 4.89. The van der Waals surface area contributed by atoms with Crippen LogP contribution in [0.15, 0.2) is 24.3 Å². The minimum absolute atomic E-state index is 0.136. The fourth-order valence-corrected chi connectivity index (χ4v) is 2.78. The normalized spacial score (nSPS) is 15.2. The molecule has 2 amide bonds. The van der Waals surface area contributed by atoms with Crippen LogP contribution in [0.2, 0.25) is 0 Å². The molecule has 0 aliphatic carbocycles. The number of hydrogen-bond donors (Lipinski definition) is 1. The summed E-state index contributed by atoms with van der Waals surface area (Å²) < 4.78 is 10.1. The van der Waals surface area contributed by atoms with Crippen LogP contribution >= 0.6 is 11.8 Å². The second-order valence-corrected chi connectivity index (χ2v) is 5.94. The van der Waals surface area contributed by atoms with Crippen molar-refractivity contribution in [2.45, 2.75) is 13.0 Å². The number of benzene rings is 1. The number of hydrogen-bond acceptors (Lipinski definition) is 6. The molecule has 0 unspecified atom stereocenters. The average Bonchev–Trinajstić information content (AvgIpc) is 2.92. The first-order valence-corrected chi connectivity index (χ1v) is 8.04. The molecular weight excluding hydrogens is 320 g/mol. The van der Waals surface area contributed by atoms with E-state index in [-0.39, 0.29) is 11.8 Å². The Bertz CT molecular complexity index is 607. The first-order valence-electron chi connectivity index (χ1n) is 7.05. The summed E-state index contributed by atoms with van der Waals surface area (Å²) in [6.07, 6.45) is -0.959. The molecule has 1 aromatic rings. The third kappa shape index (κ3) is 4.88. The fraction of sp³-hybridized carbons (Fsp3) is 0.400. The zero-order valence-electron chi connectivity index (χ0n) is 12.9. The molecule has 1 N–H and O–H groups in total. The van der Waals surface area contributed by atoms with Crippen molar-refractivity contribution >= 4 is 34.6 Å². The van der Waals surface area contributed by atoms with E-state index < -0.39 is 18.0 Å². The van der Waals surface area contributed by atoms with Crippen LogP contribution in [0.1, 0.15) is 6.92 Å². The van der Waals surface area contributed by atoms with Gasteiger partial charge in [0.2, 0.25) is 0 Å². The van der Waals surface area contributed by atoms with E-state index in [2.05, 4.69) is 5.32 Å². The molecule has 1 aliphatic rings. The summed E-state index contributed by atoms with van der Waals surface area (Å²) in [6.45, 7) is 1.86.